The highest BCUT2D eigenvalue weighted by Gasteiger charge is 2.24. The van der Waals surface area contributed by atoms with Gasteiger partial charge in [-0.2, -0.15) is 0 Å². The predicted molar refractivity (Wildman–Crippen MR) is 140 cm³/mol. The summed E-state index contributed by atoms with van der Waals surface area (Å²) in [6.07, 6.45) is 7.88. The molecule has 2 aliphatic rings. The molecule has 3 heterocycles. The van der Waals surface area contributed by atoms with Crippen molar-refractivity contribution in [2.75, 3.05) is 18.4 Å². The molecule has 2 aliphatic heterocycles. The molecule has 1 saturated heterocycles. The summed E-state index contributed by atoms with van der Waals surface area (Å²) in [6.45, 7) is 1.75. The number of amidine groups is 1. The summed E-state index contributed by atoms with van der Waals surface area (Å²) in [5.74, 6) is -0.958. The lowest BCUT2D eigenvalue weighted by Crippen LogP contribution is -2.27. The minimum Gasteiger partial charge on any atom is -0.452 e. The SMILES string of the molecule is N=C/C=C1\N=C(N2CCCC2)C=C1Oc1ccc(NC(=O)c2cccn(-c3ccc(F)cc3)c2=O)cc1F. The lowest BCUT2D eigenvalue weighted by atomic mass is 10.2. The van der Waals surface area contributed by atoms with Crippen molar-refractivity contribution in [1.29, 1.82) is 5.41 Å². The number of aromatic nitrogens is 1. The Morgan fingerprint density at radius 1 is 1.08 bits per heavy atom. The highest BCUT2D eigenvalue weighted by Crippen LogP contribution is 2.29. The van der Waals surface area contributed by atoms with E-state index in [-0.39, 0.29) is 17.0 Å². The number of allylic oxidation sites excluding steroid dienone is 1. The number of benzene rings is 2. The Kier molecular flexibility index (Phi) is 6.94. The van der Waals surface area contributed by atoms with Crippen molar-refractivity contribution in [3.05, 3.63) is 112 Å². The average Bonchev–Trinajstić information content (AvgIpc) is 3.57. The third kappa shape index (κ3) is 5.15. The van der Waals surface area contributed by atoms with E-state index in [9.17, 15) is 18.4 Å². The normalized spacial score (nSPS) is 15.8. The average molecular weight is 516 g/mol. The Balaban J connectivity index is 1.32. The van der Waals surface area contributed by atoms with Gasteiger partial charge in [0.05, 0.1) is 0 Å². The molecule has 1 aromatic heterocycles. The van der Waals surface area contributed by atoms with Crippen LogP contribution < -0.4 is 15.6 Å². The summed E-state index contributed by atoms with van der Waals surface area (Å²) in [5, 5.41) is 9.91. The van der Waals surface area contributed by atoms with Crippen molar-refractivity contribution in [3.8, 4) is 11.4 Å². The van der Waals surface area contributed by atoms with Crippen LogP contribution in [0.5, 0.6) is 5.75 Å². The van der Waals surface area contributed by atoms with Crippen LogP contribution in [-0.4, -0.2) is 40.5 Å². The summed E-state index contributed by atoms with van der Waals surface area (Å²) in [5.41, 5.74) is 0.167. The van der Waals surface area contributed by atoms with Gasteiger partial charge in [-0.25, -0.2) is 13.8 Å². The van der Waals surface area contributed by atoms with E-state index in [1.165, 1.54) is 65.4 Å². The van der Waals surface area contributed by atoms with Gasteiger partial charge in [-0.15, -0.1) is 0 Å². The molecule has 0 spiro atoms. The van der Waals surface area contributed by atoms with Crippen LogP contribution in [0.4, 0.5) is 14.5 Å². The van der Waals surface area contributed by atoms with E-state index in [1.54, 1.807) is 6.08 Å². The topological polar surface area (TPSA) is 99.8 Å². The maximum absolute atomic E-state index is 15.0. The molecule has 192 valence electrons. The number of hydrogen-bond acceptors (Lipinski definition) is 6. The van der Waals surface area contributed by atoms with Crippen LogP contribution in [0.2, 0.25) is 0 Å². The molecule has 5 rings (SSSR count). The smallest absolute Gasteiger partial charge is 0.267 e. The number of anilines is 1. The van der Waals surface area contributed by atoms with Crippen LogP contribution in [-0.2, 0) is 0 Å². The van der Waals surface area contributed by atoms with Gasteiger partial charge >= 0.3 is 0 Å². The number of amides is 1. The van der Waals surface area contributed by atoms with Crippen molar-refractivity contribution in [2.45, 2.75) is 12.8 Å². The molecule has 3 aromatic rings. The first-order chi connectivity index (χ1) is 18.4. The minimum absolute atomic E-state index is 0.0821. The summed E-state index contributed by atoms with van der Waals surface area (Å²) in [4.78, 5) is 32.3. The lowest BCUT2D eigenvalue weighted by Gasteiger charge is -2.14. The van der Waals surface area contributed by atoms with Gasteiger partial charge in [-0.05, 0) is 67.4 Å². The van der Waals surface area contributed by atoms with E-state index in [4.69, 9.17) is 10.1 Å². The molecule has 2 aromatic carbocycles. The molecule has 0 radical (unpaired) electrons. The first kappa shape index (κ1) is 24.8. The summed E-state index contributed by atoms with van der Waals surface area (Å²) in [6, 6.07) is 12.1. The van der Waals surface area contributed by atoms with Crippen molar-refractivity contribution in [2.24, 2.45) is 4.99 Å². The van der Waals surface area contributed by atoms with Crippen LogP contribution in [0, 0.1) is 17.0 Å². The van der Waals surface area contributed by atoms with Crippen LogP contribution in [0.15, 0.2) is 94.2 Å². The van der Waals surface area contributed by atoms with Crippen molar-refractivity contribution in [1.82, 2.24) is 9.47 Å². The maximum Gasteiger partial charge on any atom is 0.267 e. The molecular formula is C28H23F2N5O3. The first-order valence-electron chi connectivity index (χ1n) is 12.0. The number of nitrogens with zero attached hydrogens (tertiary/aromatic N) is 3. The highest BCUT2D eigenvalue weighted by atomic mass is 19.1. The highest BCUT2D eigenvalue weighted by molar-refractivity contribution is 6.04. The Morgan fingerprint density at radius 2 is 1.84 bits per heavy atom. The minimum atomic E-state index is -0.732. The van der Waals surface area contributed by atoms with Crippen molar-refractivity contribution < 1.29 is 18.3 Å². The number of aliphatic imine (C=N–C) groups is 1. The Labute approximate surface area is 216 Å². The largest absolute Gasteiger partial charge is 0.452 e. The number of carbonyl (C=O) groups is 1. The zero-order chi connectivity index (χ0) is 26.6. The van der Waals surface area contributed by atoms with Gasteiger partial charge in [-0.1, -0.05) is 0 Å². The third-order valence-corrected chi connectivity index (χ3v) is 6.13. The fraction of sp³-hybridized carbons (Fsp3) is 0.143. The fourth-order valence-corrected chi connectivity index (χ4v) is 4.24. The Bertz CT molecular complexity index is 1550. The molecule has 0 unspecified atom stereocenters. The van der Waals surface area contributed by atoms with Crippen LogP contribution in [0.1, 0.15) is 23.2 Å². The molecule has 0 atom stereocenters. The number of rotatable bonds is 6. The van der Waals surface area contributed by atoms with Crippen LogP contribution >= 0.6 is 0 Å². The molecule has 0 saturated carbocycles. The molecule has 0 aliphatic carbocycles. The molecule has 1 amide bonds. The quantitative estimate of drug-likeness (QED) is 0.466. The van der Waals surface area contributed by atoms with Crippen molar-refractivity contribution >= 4 is 23.6 Å². The van der Waals surface area contributed by atoms with Gasteiger partial charge in [0.15, 0.2) is 17.3 Å². The monoisotopic (exact) mass is 515 g/mol. The van der Waals surface area contributed by atoms with Gasteiger partial charge in [0, 0.05) is 49.0 Å². The van der Waals surface area contributed by atoms with E-state index in [0.717, 1.165) is 38.2 Å². The lowest BCUT2D eigenvalue weighted by molar-refractivity contribution is 0.102. The van der Waals surface area contributed by atoms with E-state index in [2.05, 4.69) is 15.2 Å². The molecule has 38 heavy (non-hydrogen) atoms. The van der Waals surface area contributed by atoms with E-state index >= 15 is 0 Å². The summed E-state index contributed by atoms with van der Waals surface area (Å²) < 4.78 is 35.2. The second-order valence-corrected chi connectivity index (χ2v) is 8.67. The van der Waals surface area contributed by atoms with E-state index in [0.29, 0.717) is 23.0 Å². The second kappa shape index (κ2) is 10.6. The molecule has 10 heteroatoms. The number of ether oxygens (including phenoxy) is 1. The molecule has 2 N–H and O–H groups in total. The van der Waals surface area contributed by atoms with Crippen LogP contribution in [0.25, 0.3) is 5.69 Å². The summed E-state index contributed by atoms with van der Waals surface area (Å²) in [7, 11) is 0. The molecule has 1 fully saturated rings. The number of carbonyl (C=O) groups excluding carboxylic acids is 1. The van der Waals surface area contributed by atoms with Gasteiger partial charge < -0.3 is 20.4 Å². The van der Waals surface area contributed by atoms with E-state index < -0.39 is 23.1 Å². The van der Waals surface area contributed by atoms with Crippen molar-refractivity contribution in [3.63, 3.8) is 0 Å². The van der Waals surface area contributed by atoms with Gasteiger partial charge in [0.25, 0.3) is 11.5 Å². The standard InChI is InChI=1S/C28H23F2N5O3/c29-18-5-8-20(9-6-18)35-15-3-4-21(28(35)37)27(36)32-19-7-10-24(22(30)16-19)38-25-17-26(33-23(25)11-12-31)34-13-1-2-14-34/h3-12,15-17,31H,1-2,13-14H2,(H,32,36)/b23-11-,31-12?. The number of pyridine rings is 1. The fourth-order valence-electron chi connectivity index (χ4n) is 4.24. The summed E-state index contributed by atoms with van der Waals surface area (Å²) >= 11 is 0. The zero-order valence-electron chi connectivity index (χ0n) is 20.2. The number of nitrogens with one attached hydrogen (secondary N) is 2. The Morgan fingerprint density at radius 3 is 2.55 bits per heavy atom. The number of likely N-dealkylation sites (tertiary alicyclic amines) is 1. The predicted octanol–water partition coefficient (Wildman–Crippen LogP) is 4.67. The van der Waals surface area contributed by atoms with Crippen LogP contribution in [0.3, 0.4) is 0 Å². The number of hydrogen-bond donors (Lipinski definition) is 2. The molecule has 8 nitrogen and oxygen atoms in total. The zero-order valence-corrected chi connectivity index (χ0v) is 20.2. The third-order valence-electron chi connectivity index (χ3n) is 6.13. The molecule has 0 bridgehead atoms. The molecular weight excluding hydrogens is 492 g/mol. The maximum atomic E-state index is 15.0. The van der Waals surface area contributed by atoms with Gasteiger partial charge in [-0.3, -0.25) is 14.2 Å². The first-order valence-corrected chi connectivity index (χ1v) is 12.0. The van der Waals surface area contributed by atoms with Gasteiger partial charge in [0.2, 0.25) is 0 Å². The number of halogens is 2. The second-order valence-electron chi connectivity index (χ2n) is 8.67. The van der Waals surface area contributed by atoms with Gasteiger partial charge in [0.1, 0.15) is 22.9 Å². The van der Waals surface area contributed by atoms with E-state index in [1.807, 2.05) is 0 Å². The Hall–Kier alpha value is -4.86.